The molecule has 0 N–H and O–H groups in total. The molecule has 27 heavy (non-hydrogen) atoms. The molecule has 0 amide bonds. The van der Waals surface area contributed by atoms with Gasteiger partial charge in [0.1, 0.15) is 17.5 Å². The topological polar surface area (TPSA) is 77.8 Å². The fourth-order valence-corrected chi connectivity index (χ4v) is 3.38. The minimum absolute atomic E-state index is 0.129. The van der Waals surface area contributed by atoms with E-state index in [2.05, 4.69) is 32.4 Å². The second-order valence-corrected chi connectivity index (χ2v) is 6.60. The summed E-state index contributed by atoms with van der Waals surface area (Å²) in [6, 6.07) is 5.71. The van der Waals surface area contributed by atoms with E-state index >= 15 is 0 Å². The number of tetrazole rings is 1. The van der Waals surface area contributed by atoms with Crippen molar-refractivity contribution < 1.29 is 14.2 Å². The zero-order chi connectivity index (χ0) is 19.2. The molecule has 9 heteroatoms. The Balaban J connectivity index is 2.05. The molecule has 1 aromatic heterocycles. The molecule has 1 saturated heterocycles. The van der Waals surface area contributed by atoms with Crippen LogP contribution in [0.2, 0.25) is 0 Å². The number of benzene rings is 1. The van der Waals surface area contributed by atoms with E-state index in [4.69, 9.17) is 14.2 Å². The average Bonchev–Trinajstić information content (AvgIpc) is 3.16. The lowest BCUT2D eigenvalue weighted by atomic mass is 10.0. The van der Waals surface area contributed by atoms with Crippen molar-refractivity contribution in [3.63, 3.8) is 0 Å². The van der Waals surface area contributed by atoms with Crippen LogP contribution in [0.3, 0.4) is 0 Å². The van der Waals surface area contributed by atoms with Crippen molar-refractivity contribution in [2.75, 3.05) is 61.2 Å². The van der Waals surface area contributed by atoms with Gasteiger partial charge in [-0.1, -0.05) is 0 Å². The average molecular weight is 376 g/mol. The SMILES string of the molecule is COCCn1nnnc1[C@H](c1cc(OC)ccc1OC)N1CCN(C)CC1. The fraction of sp³-hybridized carbons (Fsp3) is 0.611. The molecule has 3 rings (SSSR count). The predicted octanol–water partition coefficient (Wildman–Crippen LogP) is 0.674. The summed E-state index contributed by atoms with van der Waals surface area (Å²) in [5.41, 5.74) is 0.995. The Kier molecular flexibility index (Phi) is 6.59. The maximum absolute atomic E-state index is 5.66. The highest BCUT2D eigenvalue weighted by atomic mass is 16.5. The quantitative estimate of drug-likeness (QED) is 0.665. The van der Waals surface area contributed by atoms with Crippen LogP contribution in [0.25, 0.3) is 0 Å². The van der Waals surface area contributed by atoms with Gasteiger partial charge >= 0.3 is 0 Å². The van der Waals surface area contributed by atoms with E-state index in [9.17, 15) is 0 Å². The van der Waals surface area contributed by atoms with Crippen LogP contribution >= 0.6 is 0 Å². The van der Waals surface area contributed by atoms with Crippen molar-refractivity contribution >= 4 is 0 Å². The Bertz CT molecular complexity index is 730. The Morgan fingerprint density at radius 1 is 1.07 bits per heavy atom. The number of methoxy groups -OCH3 is 3. The van der Waals surface area contributed by atoms with Crippen LogP contribution < -0.4 is 9.47 Å². The van der Waals surface area contributed by atoms with Gasteiger partial charge in [0.05, 0.1) is 27.4 Å². The summed E-state index contributed by atoms with van der Waals surface area (Å²) in [5.74, 6) is 2.35. The first-order chi connectivity index (χ1) is 13.2. The van der Waals surface area contributed by atoms with Gasteiger partial charge in [0.25, 0.3) is 0 Å². The minimum Gasteiger partial charge on any atom is -0.497 e. The summed E-state index contributed by atoms with van der Waals surface area (Å²) in [4.78, 5) is 4.72. The van der Waals surface area contributed by atoms with E-state index in [0.29, 0.717) is 13.2 Å². The number of hydrogen-bond acceptors (Lipinski definition) is 8. The molecular weight excluding hydrogens is 348 g/mol. The van der Waals surface area contributed by atoms with Crippen molar-refractivity contribution in [2.24, 2.45) is 0 Å². The molecular formula is C18H28N6O3. The first kappa shape index (κ1) is 19.5. The van der Waals surface area contributed by atoms with Crippen LogP contribution in [0.15, 0.2) is 18.2 Å². The molecule has 1 aliphatic heterocycles. The summed E-state index contributed by atoms with van der Waals surface area (Å²) in [6.07, 6.45) is 0. The minimum atomic E-state index is -0.129. The number of aromatic nitrogens is 4. The molecule has 1 fully saturated rings. The Morgan fingerprint density at radius 2 is 1.85 bits per heavy atom. The largest absolute Gasteiger partial charge is 0.497 e. The maximum Gasteiger partial charge on any atom is 0.173 e. The van der Waals surface area contributed by atoms with Gasteiger partial charge < -0.3 is 19.1 Å². The summed E-state index contributed by atoms with van der Waals surface area (Å²) < 4.78 is 18.1. The maximum atomic E-state index is 5.66. The van der Waals surface area contributed by atoms with Crippen molar-refractivity contribution in [3.05, 3.63) is 29.6 Å². The van der Waals surface area contributed by atoms with Crippen LogP contribution in [-0.4, -0.2) is 91.2 Å². The van der Waals surface area contributed by atoms with E-state index in [-0.39, 0.29) is 6.04 Å². The van der Waals surface area contributed by atoms with E-state index in [1.807, 2.05) is 22.9 Å². The monoisotopic (exact) mass is 376 g/mol. The highest BCUT2D eigenvalue weighted by Crippen LogP contribution is 2.36. The third kappa shape index (κ3) is 4.37. The summed E-state index contributed by atoms with van der Waals surface area (Å²) in [5, 5.41) is 12.5. The smallest absolute Gasteiger partial charge is 0.173 e. The van der Waals surface area contributed by atoms with Crippen molar-refractivity contribution in [1.29, 1.82) is 0 Å². The van der Waals surface area contributed by atoms with Gasteiger partial charge in [-0.25, -0.2) is 4.68 Å². The van der Waals surface area contributed by atoms with Crippen LogP contribution in [0.4, 0.5) is 0 Å². The molecule has 2 aromatic rings. The van der Waals surface area contributed by atoms with Gasteiger partial charge in [-0.3, -0.25) is 4.90 Å². The lowest BCUT2D eigenvalue weighted by Gasteiger charge is -2.37. The van der Waals surface area contributed by atoms with Crippen molar-refractivity contribution in [3.8, 4) is 11.5 Å². The summed E-state index contributed by atoms with van der Waals surface area (Å²) in [6.45, 7) is 4.94. The molecule has 0 radical (unpaired) electrons. The summed E-state index contributed by atoms with van der Waals surface area (Å²) in [7, 11) is 7.16. The van der Waals surface area contributed by atoms with Gasteiger partial charge in [0.15, 0.2) is 5.82 Å². The first-order valence-electron chi connectivity index (χ1n) is 9.07. The Labute approximate surface area is 159 Å². The number of rotatable bonds is 8. The van der Waals surface area contributed by atoms with Gasteiger partial charge in [-0.15, -0.1) is 5.10 Å². The molecule has 0 aliphatic carbocycles. The molecule has 9 nitrogen and oxygen atoms in total. The third-order valence-electron chi connectivity index (χ3n) is 4.95. The lowest BCUT2D eigenvalue weighted by molar-refractivity contribution is 0.118. The zero-order valence-corrected chi connectivity index (χ0v) is 16.5. The van der Waals surface area contributed by atoms with Gasteiger partial charge in [-0.05, 0) is 35.7 Å². The molecule has 1 atom stereocenters. The van der Waals surface area contributed by atoms with E-state index < -0.39 is 0 Å². The van der Waals surface area contributed by atoms with Gasteiger partial charge in [0, 0.05) is 38.9 Å². The van der Waals surface area contributed by atoms with Gasteiger partial charge in [-0.2, -0.15) is 0 Å². The Morgan fingerprint density at radius 3 is 2.52 bits per heavy atom. The number of piperazine rings is 1. The molecule has 0 spiro atoms. The molecule has 0 saturated carbocycles. The van der Waals surface area contributed by atoms with Crippen LogP contribution in [0.5, 0.6) is 11.5 Å². The third-order valence-corrected chi connectivity index (χ3v) is 4.95. The number of ether oxygens (including phenoxy) is 3. The van der Waals surface area contributed by atoms with Gasteiger partial charge in [0.2, 0.25) is 0 Å². The molecule has 1 aliphatic rings. The highest BCUT2D eigenvalue weighted by molar-refractivity contribution is 5.44. The van der Waals surface area contributed by atoms with Crippen molar-refractivity contribution in [2.45, 2.75) is 12.6 Å². The predicted molar refractivity (Wildman–Crippen MR) is 100 cm³/mol. The van der Waals surface area contributed by atoms with E-state index in [0.717, 1.165) is 49.1 Å². The second kappa shape index (κ2) is 9.12. The highest BCUT2D eigenvalue weighted by Gasteiger charge is 2.32. The second-order valence-electron chi connectivity index (χ2n) is 6.60. The number of likely N-dealkylation sites (N-methyl/N-ethyl adjacent to an activating group) is 1. The van der Waals surface area contributed by atoms with Crippen LogP contribution in [-0.2, 0) is 11.3 Å². The van der Waals surface area contributed by atoms with Crippen LogP contribution in [0.1, 0.15) is 17.4 Å². The normalized spacial score (nSPS) is 17.0. The lowest BCUT2D eigenvalue weighted by Crippen LogP contribution is -2.46. The molecule has 0 bridgehead atoms. The molecule has 0 unspecified atom stereocenters. The standard InChI is InChI=1S/C18H28N6O3/c1-22-7-9-23(10-8-22)17(18-19-20-21-24(18)11-12-25-2)15-13-14(26-3)5-6-16(15)27-4/h5-6,13,17H,7-12H2,1-4H3/t17-/m0/s1. The van der Waals surface area contributed by atoms with Crippen molar-refractivity contribution in [1.82, 2.24) is 30.0 Å². The Hall–Kier alpha value is -2.23. The first-order valence-corrected chi connectivity index (χ1v) is 9.07. The number of hydrogen-bond donors (Lipinski definition) is 0. The summed E-state index contributed by atoms with van der Waals surface area (Å²) >= 11 is 0. The van der Waals surface area contributed by atoms with E-state index in [1.54, 1.807) is 21.3 Å². The van der Waals surface area contributed by atoms with E-state index in [1.165, 1.54) is 0 Å². The van der Waals surface area contributed by atoms with Crippen LogP contribution in [0, 0.1) is 0 Å². The number of nitrogens with zero attached hydrogens (tertiary/aromatic N) is 6. The zero-order valence-electron chi connectivity index (χ0n) is 16.5. The fourth-order valence-electron chi connectivity index (χ4n) is 3.38. The molecule has 148 valence electrons. The molecule has 2 heterocycles. The molecule has 1 aromatic carbocycles.